The van der Waals surface area contributed by atoms with Gasteiger partial charge in [0, 0.05) is 24.8 Å². The van der Waals surface area contributed by atoms with Gasteiger partial charge in [-0.05, 0) is 62.2 Å². The molecule has 8 nitrogen and oxygen atoms in total. The average Bonchev–Trinajstić information content (AvgIpc) is 3.21. The number of halogens is 1. The summed E-state index contributed by atoms with van der Waals surface area (Å²) in [6.45, 7) is 2.70. The van der Waals surface area contributed by atoms with E-state index >= 15 is 0 Å². The van der Waals surface area contributed by atoms with E-state index in [2.05, 4.69) is 10.4 Å². The van der Waals surface area contributed by atoms with E-state index in [1.807, 2.05) is 0 Å². The maximum absolute atomic E-state index is 13.2. The van der Waals surface area contributed by atoms with Gasteiger partial charge in [0.25, 0.3) is 5.91 Å². The van der Waals surface area contributed by atoms with Crippen LogP contribution in [0.15, 0.2) is 53.6 Å². The zero-order valence-corrected chi connectivity index (χ0v) is 19.2. The third kappa shape index (κ3) is 4.76. The van der Waals surface area contributed by atoms with Crippen LogP contribution in [0.2, 0.25) is 0 Å². The molecule has 2 aromatic carbocycles. The molecule has 0 radical (unpaired) electrons. The van der Waals surface area contributed by atoms with Crippen LogP contribution in [0.4, 0.5) is 10.1 Å². The molecule has 2 heterocycles. The SMILES string of the molecule is COc1ccc(S(=O)(=O)N2CCCCC2)cc1NC(=O)c1nn(-c2ccc(F)cc2)cc1C. The molecule has 0 unspecified atom stereocenters. The Kier molecular flexibility index (Phi) is 6.48. The first kappa shape index (κ1) is 22.9. The molecule has 0 saturated carbocycles. The Hall–Kier alpha value is -3.24. The van der Waals surface area contributed by atoms with Crippen LogP contribution in [0.1, 0.15) is 35.3 Å². The van der Waals surface area contributed by atoms with Crippen LogP contribution >= 0.6 is 0 Å². The number of sulfonamides is 1. The first-order valence-corrected chi connectivity index (χ1v) is 12.1. The molecule has 33 heavy (non-hydrogen) atoms. The normalized spacial score (nSPS) is 14.8. The van der Waals surface area contributed by atoms with E-state index in [0.29, 0.717) is 30.1 Å². The van der Waals surface area contributed by atoms with Crippen molar-refractivity contribution in [3.05, 3.63) is 65.7 Å². The number of aromatic nitrogens is 2. The standard InChI is InChI=1S/C23H25FN4O4S/c1-16-15-28(18-8-6-17(24)7-9-18)26-22(16)23(29)25-20-14-19(10-11-21(20)32-2)33(30,31)27-12-4-3-5-13-27/h6-11,14-15H,3-5,12-13H2,1-2H3,(H,25,29). The Bertz CT molecular complexity index is 1270. The lowest BCUT2D eigenvalue weighted by Crippen LogP contribution is -2.35. The lowest BCUT2D eigenvalue weighted by Gasteiger charge is -2.26. The van der Waals surface area contributed by atoms with Crippen molar-refractivity contribution in [2.75, 3.05) is 25.5 Å². The van der Waals surface area contributed by atoms with Crippen molar-refractivity contribution in [1.82, 2.24) is 14.1 Å². The van der Waals surface area contributed by atoms with E-state index in [4.69, 9.17) is 4.74 Å². The summed E-state index contributed by atoms with van der Waals surface area (Å²) in [5.74, 6) is -0.553. The minimum atomic E-state index is -3.68. The molecule has 10 heteroatoms. The number of aryl methyl sites for hydroxylation is 1. The number of piperidine rings is 1. The van der Waals surface area contributed by atoms with E-state index in [1.54, 1.807) is 25.3 Å². The van der Waals surface area contributed by atoms with Crippen molar-refractivity contribution >= 4 is 21.6 Å². The summed E-state index contributed by atoms with van der Waals surface area (Å²) in [7, 11) is -2.23. The van der Waals surface area contributed by atoms with Gasteiger partial charge >= 0.3 is 0 Å². The van der Waals surface area contributed by atoms with Crippen LogP contribution in [-0.4, -0.2) is 48.6 Å². The Labute approximate surface area is 192 Å². The van der Waals surface area contributed by atoms with E-state index in [0.717, 1.165) is 19.3 Å². The van der Waals surface area contributed by atoms with E-state index in [1.165, 1.54) is 46.4 Å². The number of nitrogens with zero attached hydrogens (tertiary/aromatic N) is 3. The number of ether oxygens (including phenoxy) is 1. The Morgan fingerprint density at radius 3 is 2.45 bits per heavy atom. The van der Waals surface area contributed by atoms with Gasteiger partial charge in [0.2, 0.25) is 10.0 Å². The van der Waals surface area contributed by atoms with Crippen LogP contribution in [0.3, 0.4) is 0 Å². The fourth-order valence-corrected chi connectivity index (χ4v) is 5.34. The predicted molar refractivity (Wildman–Crippen MR) is 122 cm³/mol. The highest BCUT2D eigenvalue weighted by Gasteiger charge is 2.27. The lowest BCUT2D eigenvalue weighted by molar-refractivity contribution is 0.102. The molecule has 3 aromatic rings. The number of amides is 1. The van der Waals surface area contributed by atoms with Gasteiger partial charge in [-0.3, -0.25) is 4.79 Å². The molecule has 1 aliphatic heterocycles. The molecule has 1 amide bonds. The minimum absolute atomic E-state index is 0.0917. The maximum Gasteiger partial charge on any atom is 0.276 e. The molecule has 0 atom stereocenters. The van der Waals surface area contributed by atoms with Crippen molar-refractivity contribution in [1.29, 1.82) is 0 Å². The highest BCUT2D eigenvalue weighted by atomic mass is 32.2. The Balaban J connectivity index is 1.61. The Morgan fingerprint density at radius 2 is 1.79 bits per heavy atom. The molecule has 1 N–H and O–H groups in total. The number of anilines is 1. The van der Waals surface area contributed by atoms with Gasteiger partial charge in [-0.25, -0.2) is 17.5 Å². The molecule has 1 aromatic heterocycles. The summed E-state index contributed by atoms with van der Waals surface area (Å²) in [5.41, 5.74) is 1.60. The number of hydrogen-bond donors (Lipinski definition) is 1. The summed E-state index contributed by atoms with van der Waals surface area (Å²) in [5, 5.41) is 7.05. The largest absolute Gasteiger partial charge is 0.495 e. The Morgan fingerprint density at radius 1 is 1.09 bits per heavy atom. The fraction of sp³-hybridized carbons (Fsp3) is 0.304. The van der Waals surface area contributed by atoms with Gasteiger partial charge in [0.1, 0.15) is 11.6 Å². The van der Waals surface area contributed by atoms with Crippen LogP contribution < -0.4 is 10.1 Å². The third-order valence-corrected chi connectivity index (χ3v) is 7.47. The molecule has 0 bridgehead atoms. The number of benzene rings is 2. The third-order valence-electron chi connectivity index (χ3n) is 5.58. The number of carbonyl (C=O) groups is 1. The highest BCUT2D eigenvalue weighted by Crippen LogP contribution is 2.30. The molecule has 174 valence electrons. The van der Waals surface area contributed by atoms with Gasteiger partial charge in [-0.2, -0.15) is 9.40 Å². The van der Waals surface area contributed by atoms with Gasteiger partial charge in [0.15, 0.2) is 5.69 Å². The summed E-state index contributed by atoms with van der Waals surface area (Å²) in [4.78, 5) is 13.1. The number of hydrogen-bond acceptors (Lipinski definition) is 5. The van der Waals surface area contributed by atoms with Gasteiger partial charge in [0.05, 0.1) is 23.4 Å². The van der Waals surface area contributed by atoms with Gasteiger partial charge in [-0.1, -0.05) is 6.42 Å². The topological polar surface area (TPSA) is 93.5 Å². The number of rotatable bonds is 6. The summed E-state index contributed by atoms with van der Waals surface area (Å²) in [6, 6.07) is 10.1. The quantitative estimate of drug-likeness (QED) is 0.590. The van der Waals surface area contributed by atoms with Gasteiger partial charge < -0.3 is 10.1 Å². The zero-order valence-electron chi connectivity index (χ0n) is 18.4. The van der Waals surface area contributed by atoms with Crippen molar-refractivity contribution < 1.29 is 22.3 Å². The average molecular weight is 473 g/mol. The predicted octanol–water partition coefficient (Wildman–Crippen LogP) is 3.76. The van der Waals surface area contributed by atoms with Crippen molar-refractivity contribution in [3.63, 3.8) is 0 Å². The van der Waals surface area contributed by atoms with Crippen LogP contribution in [0.25, 0.3) is 5.69 Å². The smallest absolute Gasteiger partial charge is 0.276 e. The van der Waals surface area contributed by atoms with Crippen LogP contribution in [0, 0.1) is 12.7 Å². The lowest BCUT2D eigenvalue weighted by atomic mass is 10.2. The molecule has 4 rings (SSSR count). The molecular weight excluding hydrogens is 447 g/mol. The molecule has 0 spiro atoms. The number of nitrogens with one attached hydrogen (secondary N) is 1. The fourth-order valence-electron chi connectivity index (χ4n) is 3.79. The first-order chi connectivity index (χ1) is 15.8. The van der Waals surface area contributed by atoms with Crippen LogP contribution in [0.5, 0.6) is 5.75 Å². The van der Waals surface area contributed by atoms with E-state index < -0.39 is 15.9 Å². The highest BCUT2D eigenvalue weighted by molar-refractivity contribution is 7.89. The minimum Gasteiger partial charge on any atom is -0.495 e. The molecule has 1 fully saturated rings. The van der Waals surface area contributed by atoms with Crippen molar-refractivity contribution in [2.24, 2.45) is 0 Å². The second-order valence-electron chi connectivity index (χ2n) is 7.86. The monoisotopic (exact) mass is 472 g/mol. The van der Waals surface area contributed by atoms with Gasteiger partial charge in [-0.15, -0.1) is 0 Å². The second kappa shape index (κ2) is 9.32. The van der Waals surface area contributed by atoms with E-state index in [-0.39, 0.29) is 22.1 Å². The maximum atomic E-state index is 13.2. The first-order valence-electron chi connectivity index (χ1n) is 10.6. The summed E-state index contributed by atoms with van der Waals surface area (Å²) >= 11 is 0. The summed E-state index contributed by atoms with van der Waals surface area (Å²) in [6.07, 6.45) is 4.33. The zero-order chi connectivity index (χ0) is 23.6. The van der Waals surface area contributed by atoms with Crippen molar-refractivity contribution in [2.45, 2.75) is 31.1 Å². The number of methoxy groups -OCH3 is 1. The van der Waals surface area contributed by atoms with Crippen LogP contribution in [-0.2, 0) is 10.0 Å². The molecule has 0 aliphatic carbocycles. The number of carbonyl (C=O) groups excluding carboxylic acids is 1. The van der Waals surface area contributed by atoms with Crippen molar-refractivity contribution in [3.8, 4) is 11.4 Å². The van der Waals surface area contributed by atoms with E-state index in [9.17, 15) is 17.6 Å². The molecule has 1 aliphatic rings. The molecule has 1 saturated heterocycles. The summed E-state index contributed by atoms with van der Waals surface area (Å²) < 4.78 is 47.6. The molecular formula is C23H25FN4O4S. The second-order valence-corrected chi connectivity index (χ2v) is 9.80.